The second-order valence-electron chi connectivity index (χ2n) is 5.66. The molecule has 0 aromatic heterocycles. The Balaban J connectivity index is 1.93. The van der Waals surface area contributed by atoms with E-state index >= 15 is 0 Å². The van der Waals surface area contributed by atoms with Gasteiger partial charge in [0.15, 0.2) is 0 Å². The fraction of sp³-hybridized carbons (Fsp3) is 0.562. The van der Waals surface area contributed by atoms with Gasteiger partial charge in [-0.2, -0.15) is 0 Å². The predicted octanol–water partition coefficient (Wildman–Crippen LogP) is 2.98. The van der Waals surface area contributed by atoms with E-state index in [0.717, 1.165) is 43.2 Å². The van der Waals surface area contributed by atoms with Crippen LogP contribution in [-0.2, 0) is 6.54 Å². The Bertz CT molecular complexity index is 454. The van der Waals surface area contributed by atoms with Gasteiger partial charge in [-0.1, -0.05) is 19.1 Å². The maximum Gasteiger partial charge on any atom is 0.320 e. The minimum Gasteiger partial charge on any atom is -0.497 e. The van der Waals surface area contributed by atoms with Crippen molar-refractivity contribution in [2.24, 2.45) is 5.92 Å². The normalized spacial score (nSPS) is 16.1. The van der Waals surface area contributed by atoms with E-state index in [1.807, 2.05) is 36.2 Å². The summed E-state index contributed by atoms with van der Waals surface area (Å²) >= 11 is 0. The number of rotatable bonds is 3. The maximum absolute atomic E-state index is 12.4. The van der Waals surface area contributed by atoms with Crippen molar-refractivity contribution >= 4 is 6.03 Å². The summed E-state index contributed by atoms with van der Waals surface area (Å²) in [6.45, 7) is 4.62. The van der Waals surface area contributed by atoms with Crippen LogP contribution in [0.4, 0.5) is 4.79 Å². The number of piperidine rings is 1. The molecule has 0 saturated carbocycles. The smallest absolute Gasteiger partial charge is 0.320 e. The van der Waals surface area contributed by atoms with Crippen LogP contribution in [0.3, 0.4) is 0 Å². The lowest BCUT2D eigenvalue weighted by molar-refractivity contribution is 0.141. The zero-order chi connectivity index (χ0) is 14.5. The average molecular weight is 276 g/mol. The highest BCUT2D eigenvalue weighted by molar-refractivity contribution is 5.74. The zero-order valence-electron chi connectivity index (χ0n) is 12.6. The minimum absolute atomic E-state index is 0.125. The first-order valence-corrected chi connectivity index (χ1v) is 7.23. The number of amides is 2. The summed E-state index contributed by atoms with van der Waals surface area (Å²) in [5.41, 5.74) is 1.09. The Kier molecular flexibility index (Phi) is 4.88. The maximum atomic E-state index is 12.4. The fourth-order valence-corrected chi connectivity index (χ4v) is 2.55. The van der Waals surface area contributed by atoms with Crippen LogP contribution >= 0.6 is 0 Å². The van der Waals surface area contributed by atoms with Gasteiger partial charge in [-0.25, -0.2) is 4.79 Å². The monoisotopic (exact) mass is 276 g/mol. The summed E-state index contributed by atoms with van der Waals surface area (Å²) in [4.78, 5) is 16.1. The standard InChI is InChI=1S/C16H24N2O2/c1-13-7-9-18(10-8-13)16(19)17(2)12-14-5-4-6-15(11-14)20-3/h4-6,11,13H,7-10,12H2,1-3H3. The molecule has 1 saturated heterocycles. The Hall–Kier alpha value is -1.71. The van der Waals surface area contributed by atoms with Crippen LogP contribution in [0.5, 0.6) is 5.75 Å². The predicted molar refractivity (Wildman–Crippen MR) is 79.8 cm³/mol. The number of hydrogen-bond donors (Lipinski definition) is 0. The van der Waals surface area contributed by atoms with Crippen LogP contribution in [0.15, 0.2) is 24.3 Å². The van der Waals surface area contributed by atoms with Crippen molar-refractivity contribution in [3.8, 4) is 5.75 Å². The minimum atomic E-state index is 0.125. The van der Waals surface area contributed by atoms with E-state index in [4.69, 9.17) is 4.74 Å². The van der Waals surface area contributed by atoms with Gasteiger partial charge in [0.05, 0.1) is 7.11 Å². The van der Waals surface area contributed by atoms with E-state index < -0.39 is 0 Å². The lowest BCUT2D eigenvalue weighted by atomic mass is 9.99. The van der Waals surface area contributed by atoms with Crippen molar-refractivity contribution in [2.75, 3.05) is 27.2 Å². The molecule has 1 heterocycles. The lowest BCUT2D eigenvalue weighted by Crippen LogP contribution is -2.44. The number of urea groups is 1. The summed E-state index contributed by atoms with van der Waals surface area (Å²) in [5.74, 6) is 1.57. The van der Waals surface area contributed by atoms with Crippen LogP contribution in [0.2, 0.25) is 0 Å². The molecule has 0 bridgehead atoms. The van der Waals surface area contributed by atoms with Crippen LogP contribution in [0, 0.1) is 5.92 Å². The molecular weight excluding hydrogens is 252 g/mol. The van der Waals surface area contributed by atoms with Crippen LogP contribution in [0.25, 0.3) is 0 Å². The summed E-state index contributed by atoms with van der Waals surface area (Å²) < 4.78 is 5.21. The molecule has 0 N–H and O–H groups in total. The number of nitrogens with zero attached hydrogens (tertiary/aromatic N) is 2. The van der Waals surface area contributed by atoms with Gasteiger partial charge in [0.2, 0.25) is 0 Å². The van der Waals surface area contributed by atoms with Crippen LogP contribution < -0.4 is 4.74 Å². The Morgan fingerprint density at radius 2 is 2.10 bits per heavy atom. The van der Waals surface area contributed by atoms with Gasteiger partial charge in [-0.3, -0.25) is 0 Å². The van der Waals surface area contributed by atoms with E-state index in [1.54, 1.807) is 12.0 Å². The van der Waals surface area contributed by atoms with Gasteiger partial charge < -0.3 is 14.5 Å². The van der Waals surface area contributed by atoms with E-state index in [9.17, 15) is 4.79 Å². The Morgan fingerprint density at radius 3 is 2.75 bits per heavy atom. The van der Waals surface area contributed by atoms with E-state index in [0.29, 0.717) is 6.54 Å². The Labute approximate surface area is 121 Å². The van der Waals surface area contributed by atoms with Crippen molar-refractivity contribution in [3.63, 3.8) is 0 Å². The number of likely N-dealkylation sites (tertiary alicyclic amines) is 1. The van der Waals surface area contributed by atoms with Crippen molar-refractivity contribution < 1.29 is 9.53 Å². The molecule has 1 fully saturated rings. The molecule has 20 heavy (non-hydrogen) atoms. The SMILES string of the molecule is COc1cccc(CN(C)C(=O)N2CCC(C)CC2)c1. The van der Waals surface area contributed by atoms with Gasteiger partial charge in [-0.15, -0.1) is 0 Å². The molecule has 2 amide bonds. The number of carbonyl (C=O) groups is 1. The molecule has 1 aliphatic heterocycles. The van der Waals surface area contributed by atoms with E-state index in [2.05, 4.69) is 6.92 Å². The van der Waals surface area contributed by atoms with Crippen molar-refractivity contribution in [2.45, 2.75) is 26.3 Å². The van der Waals surface area contributed by atoms with Gasteiger partial charge in [0.1, 0.15) is 5.75 Å². The van der Waals surface area contributed by atoms with Gasteiger partial charge in [-0.05, 0) is 36.5 Å². The van der Waals surface area contributed by atoms with Crippen molar-refractivity contribution in [1.82, 2.24) is 9.80 Å². The van der Waals surface area contributed by atoms with Crippen LogP contribution in [0.1, 0.15) is 25.3 Å². The highest BCUT2D eigenvalue weighted by Crippen LogP contribution is 2.18. The molecule has 0 aliphatic carbocycles. The van der Waals surface area contributed by atoms with Crippen molar-refractivity contribution in [1.29, 1.82) is 0 Å². The molecule has 2 rings (SSSR count). The summed E-state index contributed by atoms with van der Waals surface area (Å²) in [5, 5.41) is 0. The Morgan fingerprint density at radius 1 is 1.40 bits per heavy atom. The highest BCUT2D eigenvalue weighted by Gasteiger charge is 2.22. The zero-order valence-corrected chi connectivity index (χ0v) is 12.6. The topological polar surface area (TPSA) is 32.8 Å². The van der Waals surface area contributed by atoms with E-state index in [-0.39, 0.29) is 6.03 Å². The number of hydrogen-bond acceptors (Lipinski definition) is 2. The quantitative estimate of drug-likeness (QED) is 0.850. The molecule has 110 valence electrons. The third kappa shape index (κ3) is 3.65. The summed E-state index contributed by atoms with van der Waals surface area (Å²) in [7, 11) is 3.52. The molecule has 0 atom stereocenters. The van der Waals surface area contributed by atoms with Crippen LogP contribution in [-0.4, -0.2) is 43.1 Å². The molecule has 4 nitrogen and oxygen atoms in total. The number of methoxy groups -OCH3 is 1. The first kappa shape index (κ1) is 14.7. The summed E-state index contributed by atoms with van der Waals surface area (Å²) in [6, 6.07) is 7.98. The first-order valence-electron chi connectivity index (χ1n) is 7.23. The van der Waals surface area contributed by atoms with Gasteiger partial charge in [0, 0.05) is 26.7 Å². The fourth-order valence-electron chi connectivity index (χ4n) is 2.55. The second-order valence-corrected chi connectivity index (χ2v) is 5.66. The molecule has 1 aromatic carbocycles. The molecule has 1 aliphatic rings. The number of ether oxygens (including phenoxy) is 1. The molecule has 0 spiro atoms. The third-order valence-electron chi connectivity index (χ3n) is 3.93. The van der Waals surface area contributed by atoms with Crippen molar-refractivity contribution in [3.05, 3.63) is 29.8 Å². The van der Waals surface area contributed by atoms with Gasteiger partial charge >= 0.3 is 6.03 Å². The molecule has 0 radical (unpaired) electrons. The number of benzene rings is 1. The second kappa shape index (κ2) is 6.64. The molecule has 1 aromatic rings. The molecular formula is C16H24N2O2. The van der Waals surface area contributed by atoms with E-state index in [1.165, 1.54) is 0 Å². The third-order valence-corrected chi connectivity index (χ3v) is 3.93. The van der Waals surface area contributed by atoms with Gasteiger partial charge in [0.25, 0.3) is 0 Å². The largest absolute Gasteiger partial charge is 0.497 e. The molecule has 4 heteroatoms. The summed E-state index contributed by atoms with van der Waals surface area (Å²) in [6.07, 6.45) is 2.22. The molecule has 0 unspecified atom stereocenters. The lowest BCUT2D eigenvalue weighted by Gasteiger charge is -2.33. The first-order chi connectivity index (χ1) is 9.60. The average Bonchev–Trinajstić information content (AvgIpc) is 2.47. The number of carbonyl (C=O) groups excluding carboxylic acids is 1. The highest BCUT2D eigenvalue weighted by atomic mass is 16.5.